The second-order valence-electron chi connectivity index (χ2n) is 7.90. The van der Waals surface area contributed by atoms with Gasteiger partial charge in [-0.15, -0.1) is 0 Å². The van der Waals surface area contributed by atoms with E-state index in [9.17, 15) is 22.8 Å². The fraction of sp³-hybridized carbons (Fsp3) is 0.360. The van der Waals surface area contributed by atoms with Crippen molar-refractivity contribution in [3.8, 4) is 6.07 Å². The predicted molar refractivity (Wildman–Crippen MR) is 125 cm³/mol. The lowest BCUT2D eigenvalue weighted by molar-refractivity contribution is -0.192. The van der Waals surface area contributed by atoms with Crippen molar-refractivity contribution >= 4 is 17.8 Å². The number of hydrogen-bond donors (Lipinski definition) is 2. The van der Waals surface area contributed by atoms with E-state index in [1.54, 1.807) is 29.2 Å². The Morgan fingerprint density at radius 1 is 1.00 bits per heavy atom. The van der Waals surface area contributed by atoms with Crippen LogP contribution in [-0.4, -0.2) is 78.1 Å². The summed E-state index contributed by atoms with van der Waals surface area (Å²) in [7, 11) is 0. The van der Waals surface area contributed by atoms with E-state index < -0.39 is 12.1 Å². The van der Waals surface area contributed by atoms with Crippen molar-refractivity contribution in [2.24, 2.45) is 0 Å². The highest BCUT2D eigenvalue weighted by Crippen LogP contribution is 2.13. The molecule has 3 rings (SSSR count). The number of carboxylic acid groups (broad SMARTS) is 1. The van der Waals surface area contributed by atoms with Crippen LogP contribution in [0.5, 0.6) is 0 Å². The van der Waals surface area contributed by atoms with Crippen molar-refractivity contribution in [3.05, 3.63) is 71.3 Å². The van der Waals surface area contributed by atoms with Crippen molar-refractivity contribution in [1.82, 2.24) is 15.1 Å². The number of benzene rings is 2. The van der Waals surface area contributed by atoms with E-state index in [1.165, 1.54) is 0 Å². The SMILES string of the molecule is N#Cc1ccc(C(=O)N(CCC(=O)N2CCNCC2)CCc2ccccc2)cc1.O=C(O)C(F)(F)F. The Balaban J connectivity index is 0.000000572. The molecule has 36 heavy (non-hydrogen) atoms. The van der Waals surface area contributed by atoms with Crippen molar-refractivity contribution in [2.75, 3.05) is 39.3 Å². The van der Waals surface area contributed by atoms with Crippen molar-refractivity contribution in [3.63, 3.8) is 0 Å². The number of nitriles is 1. The highest BCUT2D eigenvalue weighted by Gasteiger charge is 2.38. The second kappa shape index (κ2) is 13.8. The molecule has 0 saturated carbocycles. The minimum atomic E-state index is -5.08. The maximum atomic E-state index is 13.1. The van der Waals surface area contributed by atoms with Crippen LogP contribution in [-0.2, 0) is 16.0 Å². The van der Waals surface area contributed by atoms with Gasteiger partial charge in [-0.25, -0.2) is 4.79 Å². The second-order valence-corrected chi connectivity index (χ2v) is 7.90. The van der Waals surface area contributed by atoms with Gasteiger partial charge in [-0.2, -0.15) is 18.4 Å². The number of nitrogens with one attached hydrogen (secondary N) is 1. The first-order chi connectivity index (χ1) is 17.1. The van der Waals surface area contributed by atoms with Gasteiger partial charge >= 0.3 is 12.1 Å². The van der Waals surface area contributed by atoms with E-state index >= 15 is 0 Å². The smallest absolute Gasteiger partial charge is 0.475 e. The van der Waals surface area contributed by atoms with Crippen LogP contribution >= 0.6 is 0 Å². The Labute approximate surface area is 206 Å². The van der Waals surface area contributed by atoms with Crippen LogP contribution in [0.25, 0.3) is 0 Å². The van der Waals surface area contributed by atoms with Gasteiger partial charge in [-0.1, -0.05) is 30.3 Å². The van der Waals surface area contributed by atoms with Gasteiger partial charge in [0.1, 0.15) is 0 Å². The maximum Gasteiger partial charge on any atom is 0.490 e. The van der Waals surface area contributed by atoms with Crippen molar-refractivity contribution in [2.45, 2.75) is 19.0 Å². The monoisotopic (exact) mass is 504 g/mol. The van der Waals surface area contributed by atoms with Crippen molar-refractivity contribution in [1.29, 1.82) is 5.26 Å². The number of halogens is 3. The lowest BCUT2D eigenvalue weighted by Gasteiger charge is -2.29. The number of piperazine rings is 1. The Bertz CT molecular complexity index is 1050. The summed E-state index contributed by atoms with van der Waals surface area (Å²) in [6.07, 6.45) is -4.04. The molecule has 0 aliphatic carbocycles. The number of alkyl halides is 3. The Kier molecular flexibility index (Phi) is 10.9. The number of carbonyl (C=O) groups is 3. The molecule has 0 bridgehead atoms. The van der Waals surface area contributed by atoms with Gasteiger partial charge in [0.25, 0.3) is 5.91 Å². The summed E-state index contributed by atoms with van der Waals surface area (Å²) in [6.45, 7) is 3.98. The summed E-state index contributed by atoms with van der Waals surface area (Å²) in [5.74, 6) is -2.78. The van der Waals surface area contributed by atoms with Crippen LogP contribution in [0.15, 0.2) is 54.6 Å². The van der Waals surface area contributed by atoms with Crippen LogP contribution < -0.4 is 5.32 Å². The molecular weight excluding hydrogens is 477 g/mol. The molecule has 1 heterocycles. The van der Waals surface area contributed by atoms with E-state index in [2.05, 4.69) is 11.4 Å². The minimum absolute atomic E-state index is 0.0869. The maximum absolute atomic E-state index is 13.1. The van der Waals surface area contributed by atoms with Gasteiger partial charge in [0.05, 0.1) is 11.6 Å². The minimum Gasteiger partial charge on any atom is -0.475 e. The standard InChI is InChI=1S/C23H26N4O2.C2HF3O2/c24-18-20-6-8-21(9-7-20)23(29)27(14-10-19-4-2-1-3-5-19)15-11-22(28)26-16-12-25-13-17-26;3-2(4,5)1(6)7/h1-9,25H,10-17H2;(H,6,7). The molecule has 192 valence electrons. The average molecular weight is 505 g/mol. The van der Waals surface area contributed by atoms with Gasteiger partial charge in [0.15, 0.2) is 0 Å². The Hall–Kier alpha value is -3.91. The molecule has 1 aliphatic rings. The molecule has 0 unspecified atom stereocenters. The molecule has 2 amide bonds. The van der Waals surface area contributed by atoms with Gasteiger partial charge < -0.3 is 20.2 Å². The molecular formula is C25H27F3N4O4. The molecule has 1 fully saturated rings. The van der Waals surface area contributed by atoms with Gasteiger partial charge in [-0.05, 0) is 36.2 Å². The zero-order valence-electron chi connectivity index (χ0n) is 19.5. The summed E-state index contributed by atoms with van der Waals surface area (Å²) in [4.78, 5) is 38.1. The molecule has 0 spiro atoms. The molecule has 2 N–H and O–H groups in total. The van der Waals surface area contributed by atoms with Crippen LogP contribution in [0.2, 0.25) is 0 Å². The molecule has 1 aliphatic heterocycles. The molecule has 11 heteroatoms. The number of aliphatic carboxylic acids is 1. The molecule has 8 nitrogen and oxygen atoms in total. The number of rotatable bonds is 7. The molecule has 0 aromatic heterocycles. The summed E-state index contributed by atoms with van der Waals surface area (Å²) in [6, 6.07) is 18.7. The van der Waals surface area contributed by atoms with Gasteiger partial charge in [0.2, 0.25) is 5.91 Å². The van der Waals surface area contributed by atoms with E-state index in [4.69, 9.17) is 15.2 Å². The van der Waals surface area contributed by atoms with Crippen LogP contribution in [0.3, 0.4) is 0 Å². The average Bonchev–Trinajstić information content (AvgIpc) is 2.89. The van der Waals surface area contributed by atoms with E-state index in [0.29, 0.717) is 43.7 Å². The number of hydrogen-bond acceptors (Lipinski definition) is 5. The first-order valence-corrected chi connectivity index (χ1v) is 11.2. The number of amides is 2. The van der Waals surface area contributed by atoms with Crippen molar-refractivity contribution < 1.29 is 32.7 Å². The first kappa shape index (κ1) is 28.3. The third kappa shape index (κ3) is 9.38. The third-order valence-electron chi connectivity index (χ3n) is 5.37. The summed E-state index contributed by atoms with van der Waals surface area (Å²) in [5.41, 5.74) is 2.21. The van der Waals surface area contributed by atoms with Gasteiger partial charge in [-0.3, -0.25) is 9.59 Å². The third-order valence-corrected chi connectivity index (χ3v) is 5.37. The normalized spacial score (nSPS) is 13.1. The molecule has 2 aromatic rings. The zero-order valence-corrected chi connectivity index (χ0v) is 19.5. The molecule has 1 saturated heterocycles. The molecule has 0 radical (unpaired) electrons. The fourth-order valence-electron chi connectivity index (χ4n) is 3.40. The van der Waals surface area contributed by atoms with E-state index in [-0.39, 0.29) is 11.8 Å². The lowest BCUT2D eigenvalue weighted by Crippen LogP contribution is -2.47. The Morgan fingerprint density at radius 3 is 2.11 bits per heavy atom. The van der Waals surface area contributed by atoms with E-state index in [0.717, 1.165) is 25.1 Å². The zero-order chi connectivity index (χ0) is 26.6. The van der Waals surface area contributed by atoms with E-state index in [1.807, 2.05) is 35.2 Å². The quantitative estimate of drug-likeness (QED) is 0.600. The summed E-state index contributed by atoms with van der Waals surface area (Å²) >= 11 is 0. The van der Waals surface area contributed by atoms with Gasteiger partial charge in [0, 0.05) is 51.3 Å². The van der Waals surface area contributed by atoms with Crippen LogP contribution in [0.1, 0.15) is 27.9 Å². The number of carbonyl (C=O) groups excluding carboxylic acids is 2. The predicted octanol–water partition coefficient (Wildman–Crippen LogP) is 2.70. The summed E-state index contributed by atoms with van der Waals surface area (Å²) in [5, 5.41) is 19.3. The largest absolute Gasteiger partial charge is 0.490 e. The number of carboxylic acids is 1. The highest BCUT2D eigenvalue weighted by atomic mass is 19.4. The summed E-state index contributed by atoms with van der Waals surface area (Å²) < 4.78 is 31.7. The lowest BCUT2D eigenvalue weighted by atomic mass is 10.1. The molecule has 2 aromatic carbocycles. The van der Waals surface area contributed by atoms with Crippen LogP contribution in [0.4, 0.5) is 13.2 Å². The number of nitrogens with zero attached hydrogens (tertiary/aromatic N) is 3. The van der Waals surface area contributed by atoms with Crippen LogP contribution in [0, 0.1) is 11.3 Å². The first-order valence-electron chi connectivity index (χ1n) is 11.2. The highest BCUT2D eigenvalue weighted by molar-refractivity contribution is 5.94. The molecule has 0 atom stereocenters. The fourth-order valence-corrected chi connectivity index (χ4v) is 3.40. The Morgan fingerprint density at radius 2 is 1.58 bits per heavy atom. The topological polar surface area (TPSA) is 114 Å².